The molecule has 1 N–H and O–H groups in total. The first-order chi connectivity index (χ1) is 17.7. The molecular formula is C27H35N5O4S. The Balaban J connectivity index is 1.39. The van der Waals surface area contributed by atoms with Gasteiger partial charge in [-0.05, 0) is 61.9 Å². The van der Waals surface area contributed by atoms with Crippen LogP contribution >= 0.6 is 0 Å². The van der Waals surface area contributed by atoms with E-state index in [9.17, 15) is 18.0 Å². The SMILES string of the molecule is CCc1cnc(N2CCN(C(=O)c3ccc([C@@H]4CC(C)NC4=O)cc3N3CCCS3(=O)=O)CC2)c(C)c1. The minimum Gasteiger partial charge on any atom is -0.353 e. The first kappa shape index (κ1) is 25.5. The third-order valence-electron chi connectivity index (χ3n) is 7.70. The Bertz CT molecular complexity index is 1320. The van der Waals surface area contributed by atoms with Crippen molar-refractivity contribution in [1.82, 2.24) is 15.2 Å². The highest BCUT2D eigenvalue weighted by molar-refractivity contribution is 7.93. The summed E-state index contributed by atoms with van der Waals surface area (Å²) >= 11 is 0. The van der Waals surface area contributed by atoms with Crippen LogP contribution in [0.3, 0.4) is 0 Å². The number of carbonyl (C=O) groups excluding carboxylic acids is 2. The molecule has 1 aromatic heterocycles. The van der Waals surface area contributed by atoms with E-state index >= 15 is 0 Å². The van der Waals surface area contributed by atoms with Gasteiger partial charge in [0.15, 0.2) is 0 Å². The van der Waals surface area contributed by atoms with Crippen LogP contribution in [0.25, 0.3) is 0 Å². The summed E-state index contributed by atoms with van der Waals surface area (Å²) in [4.78, 5) is 34.9. The third kappa shape index (κ3) is 4.91. The molecule has 198 valence electrons. The summed E-state index contributed by atoms with van der Waals surface area (Å²) < 4.78 is 27.1. The predicted octanol–water partition coefficient (Wildman–Crippen LogP) is 2.45. The van der Waals surface area contributed by atoms with Crippen LogP contribution in [-0.4, -0.2) is 74.6 Å². The number of rotatable bonds is 5. The van der Waals surface area contributed by atoms with Crippen LogP contribution in [0.2, 0.25) is 0 Å². The van der Waals surface area contributed by atoms with Crippen LogP contribution < -0.4 is 14.5 Å². The van der Waals surface area contributed by atoms with E-state index in [1.165, 1.54) is 9.87 Å². The Morgan fingerprint density at radius 3 is 2.49 bits per heavy atom. The maximum Gasteiger partial charge on any atom is 0.256 e. The van der Waals surface area contributed by atoms with E-state index in [2.05, 4.69) is 35.1 Å². The maximum atomic E-state index is 13.7. The van der Waals surface area contributed by atoms with E-state index in [0.717, 1.165) is 23.4 Å². The number of aromatic nitrogens is 1. The molecule has 0 bridgehead atoms. The molecule has 0 spiro atoms. The predicted molar refractivity (Wildman–Crippen MR) is 144 cm³/mol. The second-order valence-corrected chi connectivity index (χ2v) is 12.3. The molecule has 5 rings (SSSR count). The Hall–Kier alpha value is -3.14. The quantitative estimate of drug-likeness (QED) is 0.643. The van der Waals surface area contributed by atoms with Crippen LogP contribution in [0.15, 0.2) is 30.5 Å². The number of hydrogen-bond acceptors (Lipinski definition) is 6. The lowest BCUT2D eigenvalue weighted by atomic mass is 9.94. The van der Waals surface area contributed by atoms with Crippen molar-refractivity contribution in [2.24, 2.45) is 0 Å². The van der Waals surface area contributed by atoms with Gasteiger partial charge in [-0.15, -0.1) is 0 Å². The number of amides is 2. The highest BCUT2D eigenvalue weighted by Gasteiger charge is 2.36. The summed E-state index contributed by atoms with van der Waals surface area (Å²) in [6.45, 7) is 8.81. The molecule has 3 saturated heterocycles. The Morgan fingerprint density at radius 2 is 1.89 bits per heavy atom. The first-order valence-corrected chi connectivity index (χ1v) is 14.7. The smallest absolute Gasteiger partial charge is 0.256 e. The topological polar surface area (TPSA) is 103 Å². The average Bonchev–Trinajstić information content (AvgIpc) is 3.42. The number of aryl methyl sites for hydroxylation is 2. The van der Waals surface area contributed by atoms with Crippen molar-refractivity contribution in [3.8, 4) is 0 Å². The van der Waals surface area contributed by atoms with E-state index in [4.69, 9.17) is 0 Å². The Kier molecular flexibility index (Phi) is 6.87. The molecule has 1 aromatic carbocycles. The van der Waals surface area contributed by atoms with Crippen molar-refractivity contribution in [3.63, 3.8) is 0 Å². The maximum absolute atomic E-state index is 13.7. The number of benzene rings is 1. The van der Waals surface area contributed by atoms with Gasteiger partial charge >= 0.3 is 0 Å². The lowest BCUT2D eigenvalue weighted by Gasteiger charge is -2.36. The lowest BCUT2D eigenvalue weighted by molar-refractivity contribution is -0.120. The molecule has 10 heteroatoms. The fraction of sp³-hybridized carbons (Fsp3) is 0.519. The van der Waals surface area contributed by atoms with Gasteiger partial charge in [0.2, 0.25) is 15.9 Å². The molecule has 0 aliphatic carbocycles. The zero-order valence-corrected chi connectivity index (χ0v) is 22.6. The number of nitrogens with zero attached hydrogens (tertiary/aromatic N) is 4. The van der Waals surface area contributed by atoms with E-state index < -0.39 is 10.0 Å². The van der Waals surface area contributed by atoms with Crippen molar-refractivity contribution >= 4 is 33.3 Å². The van der Waals surface area contributed by atoms with Gasteiger partial charge in [-0.25, -0.2) is 13.4 Å². The van der Waals surface area contributed by atoms with Crippen LogP contribution in [-0.2, 0) is 21.2 Å². The van der Waals surface area contributed by atoms with Crippen molar-refractivity contribution < 1.29 is 18.0 Å². The molecule has 3 aliphatic heterocycles. The molecule has 4 heterocycles. The molecule has 0 radical (unpaired) electrons. The highest BCUT2D eigenvalue weighted by atomic mass is 32.2. The van der Waals surface area contributed by atoms with Crippen LogP contribution in [0.1, 0.15) is 59.7 Å². The number of piperazine rings is 1. The van der Waals surface area contributed by atoms with Gasteiger partial charge in [0, 0.05) is 45.0 Å². The van der Waals surface area contributed by atoms with Gasteiger partial charge < -0.3 is 15.1 Å². The fourth-order valence-electron chi connectivity index (χ4n) is 5.66. The zero-order valence-electron chi connectivity index (χ0n) is 21.7. The summed E-state index contributed by atoms with van der Waals surface area (Å²) in [7, 11) is -3.50. The largest absolute Gasteiger partial charge is 0.353 e. The van der Waals surface area contributed by atoms with Gasteiger partial charge in [0.1, 0.15) is 5.82 Å². The monoisotopic (exact) mass is 525 g/mol. The molecule has 1 unspecified atom stereocenters. The van der Waals surface area contributed by atoms with Gasteiger partial charge in [-0.3, -0.25) is 13.9 Å². The van der Waals surface area contributed by atoms with Crippen LogP contribution in [0, 0.1) is 6.92 Å². The molecular weight excluding hydrogens is 490 g/mol. The lowest BCUT2D eigenvalue weighted by Crippen LogP contribution is -2.49. The van der Waals surface area contributed by atoms with E-state index in [-0.39, 0.29) is 29.5 Å². The number of carbonyl (C=O) groups is 2. The van der Waals surface area contributed by atoms with E-state index in [0.29, 0.717) is 56.8 Å². The molecule has 2 atom stereocenters. The summed E-state index contributed by atoms with van der Waals surface area (Å²) in [6, 6.07) is 7.48. The van der Waals surface area contributed by atoms with Gasteiger partial charge in [-0.2, -0.15) is 0 Å². The zero-order chi connectivity index (χ0) is 26.3. The van der Waals surface area contributed by atoms with E-state index in [1.807, 2.05) is 13.1 Å². The molecule has 37 heavy (non-hydrogen) atoms. The Morgan fingerprint density at radius 1 is 1.14 bits per heavy atom. The fourth-order valence-corrected chi connectivity index (χ4v) is 7.23. The van der Waals surface area contributed by atoms with Crippen molar-refractivity contribution in [2.45, 2.75) is 52.0 Å². The van der Waals surface area contributed by atoms with Crippen LogP contribution in [0.5, 0.6) is 0 Å². The van der Waals surface area contributed by atoms with Crippen LogP contribution in [0.4, 0.5) is 11.5 Å². The van der Waals surface area contributed by atoms with Crippen molar-refractivity contribution in [1.29, 1.82) is 0 Å². The highest BCUT2D eigenvalue weighted by Crippen LogP contribution is 2.35. The van der Waals surface area contributed by atoms with E-state index in [1.54, 1.807) is 23.1 Å². The van der Waals surface area contributed by atoms with Crippen molar-refractivity contribution in [2.75, 3.05) is 47.7 Å². The second-order valence-electron chi connectivity index (χ2n) is 10.3. The molecule has 2 amide bonds. The summed E-state index contributed by atoms with van der Waals surface area (Å²) in [5, 5.41) is 2.93. The number of nitrogens with one attached hydrogen (secondary N) is 1. The second kappa shape index (κ2) is 9.96. The third-order valence-corrected chi connectivity index (χ3v) is 9.55. The molecule has 3 fully saturated rings. The number of pyridine rings is 1. The minimum atomic E-state index is -3.50. The molecule has 3 aliphatic rings. The summed E-state index contributed by atoms with van der Waals surface area (Å²) in [6.07, 6.45) is 4.01. The number of hydrogen-bond donors (Lipinski definition) is 1. The Labute approximate surface area is 218 Å². The molecule has 0 saturated carbocycles. The molecule has 9 nitrogen and oxygen atoms in total. The number of anilines is 2. The standard InChI is InChI=1S/C27H35N5O4S/c1-4-20-14-18(2)25(28-17-20)30-9-11-31(12-10-30)27(34)22-7-6-21(23-15-19(3)29-26(23)33)16-24(22)32-8-5-13-37(32,35)36/h6-7,14,16-17,19,23H,4-5,8-13,15H2,1-3H3,(H,29,33)/t19?,23-/m0/s1. The first-order valence-electron chi connectivity index (χ1n) is 13.1. The van der Waals surface area contributed by atoms with Crippen molar-refractivity contribution in [3.05, 3.63) is 52.7 Å². The normalized spacial score (nSPS) is 23.4. The van der Waals surface area contributed by atoms with Gasteiger partial charge in [0.05, 0.1) is 22.9 Å². The summed E-state index contributed by atoms with van der Waals surface area (Å²) in [5.74, 6) is 0.420. The average molecular weight is 526 g/mol. The van der Waals surface area contributed by atoms with Gasteiger partial charge in [0.25, 0.3) is 5.91 Å². The number of sulfonamides is 1. The summed E-state index contributed by atoms with van der Waals surface area (Å²) in [5.41, 5.74) is 3.84. The molecule has 2 aromatic rings. The van der Waals surface area contributed by atoms with Gasteiger partial charge in [-0.1, -0.05) is 19.1 Å². The minimum absolute atomic E-state index is 0.0605.